The highest BCUT2D eigenvalue weighted by atomic mass is 35.5. The van der Waals surface area contributed by atoms with Crippen molar-refractivity contribution in [2.75, 3.05) is 12.4 Å². The Balaban J connectivity index is 2.76. The summed E-state index contributed by atoms with van der Waals surface area (Å²) in [5, 5.41) is 16.1. The standard InChI is InChI=1S/C8H9ClN4O/c1-10-7-6-3-2-5(4-14)13(6)12-8(9)11-7/h2-3,14H,4H2,1H3,(H,10,11,12). The summed E-state index contributed by atoms with van der Waals surface area (Å²) in [6.45, 7) is -0.0787. The van der Waals surface area contributed by atoms with E-state index in [1.807, 2.05) is 6.07 Å². The van der Waals surface area contributed by atoms with Gasteiger partial charge < -0.3 is 10.4 Å². The maximum atomic E-state index is 9.03. The molecule has 0 aliphatic carbocycles. The molecule has 0 bridgehead atoms. The van der Waals surface area contributed by atoms with Crippen LogP contribution in [-0.2, 0) is 6.61 Å². The Kier molecular flexibility index (Phi) is 2.26. The lowest BCUT2D eigenvalue weighted by atomic mass is 10.4. The highest BCUT2D eigenvalue weighted by Crippen LogP contribution is 2.18. The van der Waals surface area contributed by atoms with Gasteiger partial charge in [0, 0.05) is 7.05 Å². The second-order valence-electron chi connectivity index (χ2n) is 2.76. The van der Waals surface area contributed by atoms with Crippen molar-refractivity contribution in [1.29, 1.82) is 0 Å². The van der Waals surface area contributed by atoms with Crippen LogP contribution in [0, 0.1) is 0 Å². The lowest BCUT2D eigenvalue weighted by Crippen LogP contribution is -2.03. The van der Waals surface area contributed by atoms with Gasteiger partial charge >= 0.3 is 0 Å². The smallest absolute Gasteiger partial charge is 0.243 e. The highest BCUT2D eigenvalue weighted by Gasteiger charge is 2.08. The van der Waals surface area contributed by atoms with Crippen LogP contribution in [0.3, 0.4) is 0 Å². The van der Waals surface area contributed by atoms with Crippen LogP contribution >= 0.6 is 11.6 Å². The molecular formula is C8H9ClN4O. The Hall–Kier alpha value is -1.33. The molecule has 2 rings (SSSR count). The normalized spacial score (nSPS) is 10.8. The molecule has 6 heteroatoms. The second-order valence-corrected chi connectivity index (χ2v) is 3.10. The molecule has 0 fully saturated rings. The third-order valence-corrected chi connectivity index (χ3v) is 2.12. The fraction of sp³-hybridized carbons (Fsp3) is 0.250. The molecule has 0 aromatic carbocycles. The Morgan fingerprint density at radius 3 is 3.00 bits per heavy atom. The lowest BCUT2D eigenvalue weighted by Gasteiger charge is -2.03. The molecule has 0 spiro atoms. The van der Waals surface area contributed by atoms with Gasteiger partial charge in [0.25, 0.3) is 0 Å². The van der Waals surface area contributed by atoms with E-state index in [0.717, 1.165) is 5.52 Å². The summed E-state index contributed by atoms with van der Waals surface area (Å²) < 4.78 is 1.57. The number of halogens is 1. The van der Waals surface area contributed by atoms with Gasteiger partial charge in [0.15, 0.2) is 5.82 Å². The summed E-state index contributed by atoms with van der Waals surface area (Å²) in [7, 11) is 1.75. The molecule has 0 saturated carbocycles. The lowest BCUT2D eigenvalue weighted by molar-refractivity contribution is 0.274. The summed E-state index contributed by atoms with van der Waals surface area (Å²) >= 11 is 5.72. The first kappa shape index (κ1) is 9.23. The van der Waals surface area contributed by atoms with Gasteiger partial charge in [0.05, 0.1) is 12.3 Å². The number of nitrogens with zero attached hydrogens (tertiary/aromatic N) is 3. The quantitative estimate of drug-likeness (QED) is 0.777. The topological polar surface area (TPSA) is 62.5 Å². The molecule has 0 unspecified atom stereocenters. The van der Waals surface area contributed by atoms with Crippen LogP contribution in [0.2, 0.25) is 5.28 Å². The predicted molar refractivity (Wildman–Crippen MR) is 53.5 cm³/mol. The van der Waals surface area contributed by atoms with E-state index < -0.39 is 0 Å². The molecule has 2 aromatic heterocycles. The average molecular weight is 213 g/mol. The van der Waals surface area contributed by atoms with Gasteiger partial charge in [0.2, 0.25) is 5.28 Å². The zero-order valence-electron chi connectivity index (χ0n) is 7.53. The first-order chi connectivity index (χ1) is 6.76. The van der Waals surface area contributed by atoms with Crippen molar-refractivity contribution in [2.45, 2.75) is 6.61 Å². The minimum absolute atomic E-state index is 0.0787. The van der Waals surface area contributed by atoms with Crippen LogP contribution in [0.1, 0.15) is 5.69 Å². The van der Waals surface area contributed by atoms with E-state index in [0.29, 0.717) is 11.5 Å². The third kappa shape index (κ3) is 1.30. The van der Waals surface area contributed by atoms with Crippen LogP contribution in [0.15, 0.2) is 12.1 Å². The number of rotatable bonds is 2. The molecule has 2 aromatic rings. The van der Waals surface area contributed by atoms with Gasteiger partial charge in [-0.15, -0.1) is 5.10 Å². The number of aliphatic hydroxyl groups excluding tert-OH is 1. The van der Waals surface area contributed by atoms with Crippen molar-refractivity contribution >= 4 is 22.9 Å². The minimum Gasteiger partial charge on any atom is -0.390 e. The van der Waals surface area contributed by atoms with Crippen molar-refractivity contribution in [3.8, 4) is 0 Å². The molecule has 0 amide bonds. The monoisotopic (exact) mass is 212 g/mol. The molecule has 2 N–H and O–H groups in total. The summed E-state index contributed by atoms with van der Waals surface area (Å²) in [4.78, 5) is 4.01. The summed E-state index contributed by atoms with van der Waals surface area (Å²) in [5.74, 6) is 0.643. The van der Waals surface area contributed by atoms with Crippen LogP contribution in [0.4, 0.5) is 5.82 Å². The molecule has 0 aliphatic heterocycles. The van der Waals surface area contributed by atoms with E-state index in [9.17, 15) is 0 Å². The first-order valence-electron chi connectivity index (χ1n) is 4.09. The number of hydrogen-bond donors (Lipinski definition) is 2. The van der Waals surface area contributed by atoms with Gasteiger partial charge in [-0.05, 0) is 23.7 Å². The van der Waals surface area contributed by atoms with E-state index >= 15 is 0 Å². The van der Waals surface area contributed by atoms with Crippen LogP contribution < -0.4 is 5.32 Å². The summed E-state index contributed by atoms with van der Waals surface area (Å²) in [6.07, 6.45) is 0. The van der Waals surface area contributed by atoms with Gasteiger partial charge in [-0.3, -0.25) is 0 Å². The average Bonchev–Trinajstić information content (AvgIpc) is 2.59. The van der Waals surface area contributed by atoms with Gasteiger partial charge in [-0.25, -0.2) is 4.52 Å². The fourth-order valence-electron chi connectivity index (χ4n) is 1.33. The molecule has 2 heterocycles. The molecule has 0 saturated heterocycles. The zero-order chi connectivity index (χ0) is 10.1. The minimum atomic E-state index is -0.0787. The first-order valence-corrected chi connectivity index (χ1v) is 4.47. The maximum absolute atomic E-state index is 9.03. The van der Waals surface area contributed by atoms with Gasteiger partial charge in [-0.2, -0.15) is 4.98 Å². The van der Waals surface area contributed by atoms with E-state index in [4.69, 9.17) is 16.7 Å². The Labute approximate surface area is 85.3 Å². The van der Waals surface area contributed by atoms with Crippen LogP contribution in [0.25, 0.3) is 5.52 Å². The third-order valence-electron chi connectivity index (χ3n) is 1.96. The Morgan fingerprint density at radius 2 is 2.36 bits per heavy atom. The van der Waals surface area contributed by atoms with Crippen molar-refractivity contribution in [3.63, 3.8) is 0 Å². The number of hydrogen-bond acceptors (Lipinski definition) is 4. The Morgan fingerprint density at radius 1 is 1.57 bits per heavy atom. The van der Waals surface area contributed by atoms with E-state index in [-0.39, 0.29) is 11.9 Å². The van der Waals surface area contributed by atoms with Crippen LogP contribution in [0.5, 0.6) is 0 Å². The molecule has 5 nitrogen and oxygen atoms in total. The molecule has 74 valence electrons. The largest absolute Gasteiger partial charge is 0.390 e. The number of fused-ring (bicyclic) bond motifs is 1. The van der Waals surface area contributed by atoms with Crippen molar-refractivity contribution in [3.05, 3.63) is 23.1 Å². The summed E-state index contributed by atoms with van der Waals surface area (Å²) in [5.41, 5.74) is 1.47. The Bertz CT molecular complexity index is 468. The maximum Gasteiger partial charge on any atom is 0.243 e. The number of aromatic nitrogens is 3. The number of aliphatic hydroxyl groups is 1. The van der Waals surface area contributed by atoms with Crippen molar-refractivity contribution in [1.82, 2.24) is 14.6 Å². The summed E-state index contributed by atoms with van der Waals surface area (Å²) in [6, 6.07) is 3.61. The molecular weight excluding hydrogens is 204 g/mol. The molecule has 0 radical (unpaired) electrons. The predicted octanol–water partition coefficient (Wildman–Crippen LogP) is 0.917. The van der Waals surface area contributed by atoms with E-state index in [1.165, 1.54) is 0 Å². The van der Waals surface area contributed by atoms with Crippen molar-refractivity contribution < 1.29 is 5.11 Å². The van der Waals surface area contributed by atoms with E-state index in [2.05, 4.69) is 15.4 Å². The molecule has 0 atom stereocenters. The molecule has 0 aliphatic rings. The molecule has 14 heavy (non-hydrogen) atoms. The van der Waals surface area contributed by atoms with Gasteiger partial charge in [-0.1, -0.05) is 0 Å². The fourth-order valence-corrected chi connectivity index (χ4v) is 1.49. The van der Waals surface area contributed by atoms with E-state index in [1.54, 1.807) is 17.6 Å². The number of anilines is 1. The second kappa shape index (κ2) is 3.43. The van der Waals surface area contributed by atoms with Crippen molar-refractivity contribution in [2.24, 2.45) is 0 Å². The number of nitrogens with one attached hydrogen (secondary N) is 1. The van der Waals surface area contributed by atoms with Gasteiger partial charge in [0.1, 0.15) is 5.52 Å². The zero-order valence-corrected chi connectivity index (χ0v) is 8.28. The highest BCUT2D eigenvalue weighted by molar-refractivity contribution is 6.28. The van der Waals surface area contributed by atoms with Crippen LogP contribution in [-0.4, -0.2) is 26.8 Å². The SMILES string of the molecule is CNc1nc(Cl)nn2c(CO)ccc12.